The van der Waals surface area contributed by atoms with Crippen molar-refractivity contribution < 1.29 is 0 Å². The van der Waals surface area contributed by atoms with Crippen LogP contribution >= 0.6 is 0 Å². The third kappa shape index (κ3) is 2.07. The maximum atomic E-state index is 2.61. The molecule has 0 bridgehead atoms. The van der Waals surface area contributed by atoms with Crippen molar-refractivity contribution in [1.82, 2.24) is 4.90 Å². The average molecular weight is 201 g/mol. The molecule has 0 atom stereocenters. The van der Waals surface area contributed by atoms with Crippen LogP contribution in [0.1, 0.15) is 31.2 Å². The van der Waals surface area contributed by atoms with Gasteiger partial charge in [-0.05, 0) is 49.8 Å². The van der Waals surface area contributed by atoms with E-state index in [0.29, 0.717) is 0 Å². The predicted molar refractivity (Wildman–Crippen MR) is 62.6 cm³/mol. The zero-order valence-electron chi connectivity index (χ0n) is 9.28. The molecule has 1 heterocycles. The average Bonchev–Trinajstić information content (AvgIpc) is 3.04. The largest absolute Gasteiger partial charge is 0.299 e. The fourth-order valence-electron chi connectivity index (χ4n) is 2.70. The third-order valence-corrected chi connectivity index (χ3v) is 4.12. The molecule has 3 rings (SSSR count). The summed E-state index contributed by atoms with van der Waals surface area (Å²) < 4.78 is 0. The fraction of sp³-hybridized carbons (Fsp3) is 0.571. The van der Waals surface area contributed by atoms with E-state index < -0.39 is 0 Å². The molecule has 1 aliphatic heterocycles. The molecule has 1 saturated carbocycles. The Morgan fingerprint density at radius 1 is 0.933 bits per heavy atom. The minimum Gasteiger partial charge on any atom is -0.299 e. The van der Waals surface area contributed by atoms with Crippen molar-refractivity contribution in [2.24, 2.45) is 5.41 Å². The highest BCUT2D eigenvalue weighted by Gasteiger charge is 2.44. The Morgan fingerprint density at radius 2 is 1.60 bits per heavy atom. The molecular weight excluding hydrogens is 182 g/mol. The number of hydrogen-bond acceptors (Lipinski definition) is 1. The van der Waals surface area contributed by atoms with Crippen LogP contribution in [-0.4, -0.2) is 18.0 Å². The molecule has 0 aromatic heterocycles. The number of likely N-dealkylation sites (tertiary alicyclic amines) is 1. The molecule has 0 amide bonds. The Hall–Kier alpha value is -0.820. The van der Waals surface area contributed by atoms with Gasteiger partial charge in [0, 0.05) is 6.54 Å². The summed E-state index contributed by atoms with van der Waals surface area (Å²) in [4.78, 5) is 2.61. The Balaban J connectivity index is 1.56. The van der Waals surface area contributed by atoms with Crippen LogP contribution in [0.2, 0.25) is 0 Å². The first kappa shape index (κ1) is 9.41. The molecular formula is C14H19N. The second kappa shape index (κ2) is 3.64. The summed E-state index contributed by atoms with van der Waals surface area (Å²) in [5.41, 5.74) is 2.27. The smallest absolute Gasteiger partial charge is 0.0233 e. The van der Waals surface area contributed by atoms with Gasteiger partial charge in [0.1, 0.15) is 0 Å². The Morgan fingerprint density at radius 3 is 2.20 bits per heavy atom. The second-order valence-electron chi connectivity index (χ2n) is 5.26. The van der Waals surface area contributed by atoms with Crippen molar-refractivity contribution in [3.63, 3.8) is 0 Å². The van der Waals surface area contributed by atoms with Crippen LogP contribution in [0, 0.1) is 5.41 Å². The monoisotopic (exact) mass is 201 g/mol. The van der Waals surface area contributed by atoms with E-state index in [9.17, 15) is 0 Å². The van der Waals surface area contributed by atoms with Gasteiger partial charge in [0.25, 0.3) is 0 Å². The molecule has 15 heavy (non-hydrogen) atoms. The summed E-state index contributed by atoms with van der Waals surface area (Å²) in [6.45, 7) is 3.78. The van der Waals surface area contributed by atoms with E-state index in [2.05, 4.69) is 35.2 Å². The summed E-state index contributed by atoms with van der Waals surface area (Å²) >= 11 is 0. The highest BCUT2D eigenvalue weighted by atomic mass is 15.1. The van der Waals surface area contributed by atoms with E-state index >= 15 is 0 Å². The van der Waals surface area contributed by atoms with Crippen LogP contribution in [0.4, 0.5) is 0 Å². The summed E-state index contributed by atoms with van der Waals surface area (Å²) in [5.74, 6) is 0. The molecule has 2 fully saturated rings. The van der Waals surface area contributed by atoms with Crippen molar-refractivity contribution in [2.75, 3.05) is 13.1 Å². The van der Waals surface area contributed by atoms with E-state index in [1.807, 2.05) is 0 Å². The van der Waals surface area contributed by atoms with E-state index in [-0.39, 0.29) is 0 Å². The lowest BCUT2D eigenvalue weighted by atomic mass is 9.93. The summed E-state index contributed by atoms with van der Waals surface area (Å²) in [7, 11) is 0. The van der Waals surface area contributed by atoms with Crippen molar-refractivity contribution in [3.8, 4) is 0 Å². The van der Waals surface area contributed by atoms with Crippen molar-refractivity contribution in [1.29, 1.82) is 0 Å². The number of piperidine rings is 1. The minimum absolute atomic E-state index is 0.813. The number of benzene rings is 1. The van der Waals surface area contributed by atoms with Gasteiger partial charge in [-0.15, -0.1) is 0 Å². The first-order valence-corrected chi connectivity index (χ1v) is 6.13. The SMILES string of the molecule is c1ccc(CN2CCC3(CC2)CC3)cc1. The first-order valence-electron chi connectivity index (χ1n) is 6.13. The molecule has 80 valence electrons. The van der Waals surface area contributed by atoms with Gasteiger partial charge in [-0.2, -0.15) is 0 Å². The van der Waals surface area contributed by atoms with Gasteiger partial charge >= 0.3 is 0 Å². The molecule has 1 aromatic rings. The van der Waals surface area contributed by atoms with Crippen molar-refractivity contribution in [3.05, 3.63) is 35.9 Å². The van der Waals surface area contributed by atoms with Crippen LogP contribution in [0.15, 0.2) is 30.3 Å². The summed E-state index contributed by atoms with van der Waals surface area (Å²) in [6, 6.07) is 10.9. The maximum Gasteiger partial charge on any atom is 0.0233 e. The lowest BCUT2D eigenvalue weighted by molar-refractivity contribution is 0.166. The molecule has 1 aliphatic carbocycles. The standard InChI is InChI=1S/C14H19N/c1-2-4-13(5-3-1)12-15-10-8-14(6-7-14)9-11-15/h1-5H,6-12H2. The molecule has 0 radical (unpaired) electrons. The van der Waals surface area contributed by atoms with Crippen LogP contribution < -0.4 is 0 Å². The topological polar surface area (TPSA) is 3.24 Å². The molecule has 0 unspecified atom stereocenters. The lowest BCUT2D eigenvalue weighted by Gasteiger charge is -2.32. The zero-order valence-corrected chi connectivity index (χ0v) is 9.28. The Labute approximate surface area is 92.1 Å². The second-order valence-corrected chi connectivity index (χ2v) is 5.26. The molecule has 1 nitrogen and oxygen atoms in total. The Bertz CT molecular complexity index is 316. The number of rotatable bonds is 2. The van der Waals surface area contributed by atoms with E-state index in [1.165, 1.54) is 44.3 Å². The van der Waals surface area contributed by atoms with E-state index in [0.717, 1.165) is 12.0 Å². The van der Waals surface area contributed by atoms with Gasteiger partial charge in [0.2, 0.25) is 0 Å². The van der Waals surface area contributed by atoms with Gasteiger partial charge in [0.05, 0.1) is 0 Å². The van der Waals surface area contributed by atoms with Gasteiger partial charge in [-0.3, -0.25) is 4.90 Å². The van der Waals surface area contributed by atoms with E-state index in [4.69, 9.17) is 0 Å². The highest BCUT2D eigenvalue weighted by Crippen LogP contribution is 2.53. The van der Waals surface area contributed by atoms with Crippen LogP contribution in [0.3, 0.4) is 0 Å². The molecule has 2 aliphatic rings. The lowest BCUT2D eigenvalue weighted by Crippen LogP contribution is -2.33. The third-order valence-electron chi connectivity index (χ3n) is 4.12. The molecule has 1 saturated heterocycles. The fourth-order valence-corrected chi connectivity index (χ4v) is 2.70. The molecule has 1 aromatic carbocycles. The normalized spacial score (nSPS) is 24.3. The summed E-state index contributed by atoms with van der Waals surface area (Å²) in [6.07, 6.45) is 5.90. The zero-order chi connectivity index (χ0) is 10.1. The Kier molecular flexibility index (Phi) is 2.28. The maximum absolute atomic E-state index is 2.61. The molecule has 1 spiro atoms. The summed E-state index contributed by atoms with van der Waals surface area (Å²) in [5, 5.41) is 0. The molecule has 1 heteroatoms. The van der Waals surface area contributed by atoms with Crippen LogP contribution in [0.25, 0.3) is 0 Å². The van der Waals surface area contributed by atoms with E-state index in [1.54, 1.807) is 0 Å². The number of hydrogen-bond donors (Lipinski definition) is 0. The number of nitrogens with zero attached hydrogens (tertiary/aromatic N) is 1. The molecule has 0 N–H and O–H groups in total. The van der Waals surface area contributed by atoms with Gasteiger partial charge in [-0.1, -0.05) is 30.3 Å². The predicted octanol–water partition coefficient (Wildman–Crippen LogP) is 3.06. The van der Waals surface area contributed by atoms with Gasteiger partial charge in [0.15, 0.2) is 0 Å². The van der Waals surface area contributed by atoms with Gasteiger partial charge in [-0.25, -0.2) is 0 Å². The van der Waals surface area contributed by atoms with Gasteiger partial charge < -0.3 is 0 Å². The van der Waals surface area contributed by atoms with Crippen molar-refractivity contribution >= 4 is 0 Å². The first-order chi connectivity index (χ1) is 7.36. The van der Waals surface area contributed by atoms with Crippen LogP contribution in [-0.2, 0) is 6.54 Å². The van der Waals surface area contributed by atoms with Crippen molar-refractivity contribution in [2.45, 2.75) is 32.2 Å². The van der Waals surface area contributed by atoms with Crippen LogP contribution in [0.5, 0.6) is 0 Å². The quantitative estimate of drug-likeness (QED) is 0.711. The minimum atomic E-state index is 0.813. The highest BCUT2D eigenvalue weighted by molar-refractivity contribution is 5.14.